The van der Waals surface area contributed by atoms with E-state index in [1.165, 1.54) is 55.1 Å². The molecule has 0 spiro atoms. The van der Waals surface area contributed by atoms with Crippen molar-refractivity contribution in [1.82, 2.24) is 15.0 Å². The van der Waals surface area contributed by atoms with Crippen LogP contribution in [-0.2, 0) is 5.41 Å². The van der Waals surface area contributed by atoms with E-state index in [0.717, 1.165) is 27.6 Å². The molecule has 0 unspecified atom stereocenters. The Morgan fingerprint density at radius 3 is 1.46 bits per heavy atom. The van der Waals surface area contributed by atoms with Crippen LogP contribution in [0.25, 0.3) is 78.0 Å². The zero-order valence-corrected chi connectivity index (χ0v) is 31.0. The molecular formula is C54H35N3. The van der Waals surface area contributed by atoms with Crippen molar-refractivity contribution in [3.05, 3.63) is 235 Å². The van der Waals surface area contributed by atoms with Crippen LogP contribution in [0.1, 0.15) is 22.3 Å². The average Bonchev–Trinajstić information content (AvgIpc) is 3.61. The van der Waals surface area contributed by atoms with Gasteiger partial charge in [0.15, 0.2) is 17.5 Å². The van der Waals surface area contributed by atoms with Crippen LogP contribution in [0.15, 0.2) is 212 Å². The summed E-state index contributed by atoms with van der Waals surface area (Å²) in [5, 5.41) is 4.75. The minimum atomic E-state index is -0.461. The summed E-state index contributed by atoms with van der Waals surface area (Å²) in [5.41, 5.74) is 12.4. The second-order valence-electron chi connectivity index (χ2n) is 14.7. The van der Waals surface area contributed by atoms with Gasteiger partial charge >= 0.3 is 0 Å². The van der Waals surface area contributed by atoms with Crippen LogP contribution < -0.4 is 0 Å². The molecule has 1 aliphatic carbocycles. The van der Waals surface area contributed by atoms with Gasteiger partial charge in [-0.05, 0) is 78.2 Å². The molecule has 1 heterocycles. The number of aromatic nitrogens is 3. The summed E-state index contributed by atoms with van der Waals surface area (Å²) < 4.78 is 0. The first-order chi connectivity index (χ1) is 28.3. The molecule has 0 amide bonds. The molecule has 1 aromatic heterocycles. The zero-order valence-electron chi connectivity index (χ0n) is 31.0. The van der Waals surface area contributed by atoms with Gasteiger partial charge in [0.25, 0.3) is 0 Å². The Balaban J connectivity index is 1.17. The minimum absolute atomic E-state index is 0.461. The van der Waals surface area contributed by atoms with Gasteiger partial charge in [0.2, 0.25) is 0 Å². The number of nitrogens with zero attached hydrogens (tertiary/aromatic N) is 3. The second kappa shape index (κ2) is 13.4. The molecule has 0 radical (unpaired) electrons. The third kappa shape index (κ3) is 5.24. The van der Waals surface area contributed by atoms with Gasteiger partial charge in [-0.3, -0.25) is 0 Å². The number of hydrogen-bond acceptors (Lipinski definition) is 3. The molecular weight excluding hydrogens is 691 g/mol. The topological polar surface area (TPSA) is 38.7 Å². The summed E-state index contributed by atoms with van der Waals surface area (Å²) in [6.45, 7) is 0. The highest BCUT2D eigenvalue weighted by Gasteiger charge is 2.46. The molecule has 11 rings (SSSR count). The molecule has 0 aliphatic heterocycles. The van der Waals surface area contributed by atoms with Crippen molar-refractivity contribution in [2.75, 3.05) is 0 Å². The summed E-state index contributed by atoms with van der Waals surface area (Å²) in [5.74, 6) is 1.93. The summed E-state index contributed by atoms with van der Waals surface area (Å²) in [6, 6.07) is 76.0. The molecule has 3 heteroatoms. The molecule has 0 fully saturated rings. The van der Waals surface area contributed by atoms with Gasteiger partial charge < -0.3 is 0 Å². The lowest BCUT2D eigenvalue weighted by Crippen LogP contribution is -2.28. The van der Waals surface area contributed by atoms with Gasteiger partial charge in [0, 0.05) is 16.7 Å². The summed E-state index contributed by atoms with van der Waals surface area (Å²) in [7, 11) is 0. The van der Waals surface area contributed by atoms with E-state index in [1.807, 2.05) is 36.4 Å². The molecule has 0 bridgehead atoms. The van der Waals surface area contributed by atoms with E-state index in [4.69, 9.17) is 15.0 Å². The highest BCUT2D eigenvalue weighted by molar-refractivity contribution is 6.12. The van der Waals surface area contributed by atoms with Crippen LogP contribution in [0.5, 0.6) is 0 Å². The van der Waals surface area contributed by atoms with Crippen molar-refractivity contribution in [3.8, 4) is 56.4 Å². The Hall–Kier alpha value is -7.49. The van der Waals surface area contributed by atoms with Gasteiger partial charge in [0.1, 0.15) is 0 Å². The van der Waals surface area contributed by atoms with Crippen LogP contribution in [-0.4, -0.2) is 15.0 Å². The largest absolute Gasteiger partial charge is 0.208 e. The first kappa shape index (κ1) is 32.9. The van der Waals surface area contributed by atoms with Crippen molar-refractivity contribution < 1.29 is 0 Å². The maximum Gasteiger partial charge on any atom is 0.164 e. The average molecular weight is 726 g/mol. The number of fused-ring (bicyclic) bond motifs is 6. The molecule has 10 aromatic rings. The van der Waals surface area contributed by atoms with E-state index in [9.17, 15) is 0 Å². The summed E-state index contributed by atoms with van der Waals surface area (Å²) >= 11 is 0. The molecule has 1 aliphatic rings. The molecule has 9 aromatic carbocycles. The van der Waals surface area contributed by atoms with Crippen LogP contribution in [0, 0.1) is 0 Å². The maximum absolute atomic E-state index is 5.13. The third-order valence-electron chi connectivity index (χ3n) is 11.6. The van der Waals surface area contributed by atoms with Crippen LogP contribution in [0.4, 0.5) is 0 Å². The Kier molecular flexibility index (Phi) is 7.71. The lowest BCUT2D eigenvalue weighted by atomic mass is 9.67. The Bertz CT molecular complexity index is 3010. The van der Waals surface area contributed by atoms with E-state index in [1.54, 1.807) is 0 Å². The van der Waals surface area contributed by atoms with Gasteiger partial charge in [-0.1, -0.05) is 200 Å². The minimum Gasteiger partial charge on any atom is -0.208 e. The molecule has 0 saturated heterocycles. The quantitative estimate of drug-likeness (QED) is 0.171. The monoisotopic (exact) mass is 725 g/mol. The fourth-order valence-electron chi connectivity index (χ4n) is 9.13. The van der Waals surface area contributed by atoms with Crippen molar-refractivity contribution in [2.24, 2.45) is 0 Å². The predicted molar refractivity (Wildman–Crippen MR) is 234 cm³/mol. The highest BCUT2D eigenvalue weighted by Crippen LogP contribution is 2.58. The van der Waals surface area contributed by atoms with Crippen molar-refractivity contribution in [2.45, 2.75) is 5.41 Å². The van der Waals surface area contributed by atoms with Gasteiger partial charge in [-0.25, -0.2) is 15.0 Å². The molecule has 266 valence electrons. The van der Waals surface area contributed by atoms with Gasteiger partial charge in [-0.15, -0.1) is 0 Å². The van der Waals surface area contributed by atoms with Gasteiger partial charge in [0.05, 0.1) is 5.41 Å². The second-order valence-corrected chi connectivity index (χ2v) is 14.7. The molecule has 0 N–H and O–H groups in total. The van der Waals surface area contributed by atoms with Crippen molar-refractivity contribution in [3.63, 3.8) is 0 Å². The molecule has 3 nitrogen and oxygen atoms in total. The molecule has 0 atom stereocenters. The van der Waals surface area contributed by atoms with E-state index in [-0.39, 0.29) is 0 Å². The highest BCUT2D eigenvalue weighted by atomic mass is 15.0. The lowest BCUT2D eigenvalue weighted by Gasteiger charge is -2.34. The molecule has 0 saturated carbocycles. The predicted octanol–water partition coefficient (Wildman–Crippen LogP) is 13.2. The fraction of sp³-hybridized carbons (Fsp3) is 0.0185. The Morgan fingerprint density at radius 2 is 0.807 bits per heavy atom. The first-order valence-corrected chi connectivity index (χ1v) is 19.4. The van der Waals surface area contributed by atoms with Crippen molar-refractivity contribution in [1.29, 1.82) is 0 Å². The first-order valence-electron chi connectivity index (χ1n) is 19.4. The van der Waals surface area contributed by atoms with Gasteiger partial charge in [-0.2, -0.15) is 0 Å². The van der Waals surface area contributed by atoms with E-state index in [0.29, 0.717) is 17.5 Å². The summed E-state index contributed by atoms with van der Waals surface area (Å²) in [4.78, 5) is 15.2. The van der Waals surface area contributed by atoms with E-state index >= 15 is 0 Å². The van der Waals surface area contributed by atoms with E-state index < -0.39 is 5.41 Å². The summed E-state index contributed by atoms with van der Waals surface area (Å²) in [6.07, 6.45) is 0. The lowest BCUT2D eigenvalue weighted by molar-refractivity contribution is 0.769. The maximum atomic E-state index is 5.13. The number of hydrogen-bond donors (Lipinski definition) is 0. The third-order valence-corrected chi connectivity index (χ3v) is 11.6. The number of rotatable bonds is 6. The Morgan fingerprint density at radius 1 is 0.298 bits per heavy atom. The normalized spacial score (nSPS) is 12.7. The smallest absolute Gasteiger partial charge is 0.164 e. The standard InChI is InChI=1S/C54H35N3/c1-5-18-36(19-6-1)51-55-52(37-20-7-2-8-21-37)57-53(56-51)39-34-38-22-13-14-27-42(38)47(35-39)43-29-17-30-45-44(43)32-33-49-50(45)46-28-15-16-31-48(46)54(49,40-23-9-3-10-24-40)41-25-11-4-12-26-41/h1-35H. The Labute approximate surface area is 331 Å². The zero-order chi connectivity index (χ0) is 37.8. The van der Waals surface area contributed by atoms with Crippen LogP contribution in [0.2, 0.25) is 0 Å². The van der Waals surface area contributed by atoms with Crippen LogP contribution in [0.3, 0.4) is 0 Å². The van der Waals surface area contributed by atoms with E-state index in [2.05, 4.69) is 176 Å². The number of benzene rings is 9. The molecule has 57 heavy (non-hydrogen) atoms. The SMILES string of the molecule is c1ccc(-c2nc(-c3ccccc3)nc(-c3cc(-c4cccc5c6c(ccc45)C(c4ccccc4)(c4ccccc4)c4ccccc4-6)c4ccccc4c3)n2)cc1. The van der Waals surface area contributed by atoms with Crippen molar-refractivity contribution >= 4 is 21.5 Å². The van der Waals surface area contributed by atoms with Crippen LogP contribution >= 0.6 is 0 Å². The fourth-order valence-corrected chi connectivity index (χ4v) is 9.13.